The van der Waals surface area contributed by atoms with Gasteiger partial charge in [-0.3, -0.25) is 9.80 Å². The third-order valence-electron chi connectivity index (χ3n) is 17.2. The summed E-state index contributed by atoms with van der Waals surface area (Å²) in [6, 6.07) is 12.2. The number of ether oxygens (including phenoxy) is 2. The summed E-state index contributed by atoms with van der Waals surface area (Å²) in [7, 11) is -0.188. The average Bonchev–Trinajstić information content (AvgIpc) is 2.53. The monoisotopic (exact) mass is 1240 g/mol. The minimum absolute atomic E-state index is 0.0188. The molecule has 4 saturated heterocycles. The number of aryl methyl sites for hydroxylation is 2. The first kappa shape index (κ1) is 64.4. The maximum Gasteiger partial charge on any atom is 0.416 e. The zero-order chi connectivity index (χ0) is 62.5. The van der Waals surface area contributed by atoms with Crippen molar-refractivity contribution in [2.45, 2.75) is 129 Å². The standard InChI is InChI=1S/C31H45F3N8O2Si.C28H40F3N7O2Si/c1-21-28(42-29(36-21)26(35-20-39(5)6)16-27(38-42)41-12-14-43-15-13-41)37-25-11-9-10-24(31(32,33)34)23(25)19-40-17-22(18-40)44-45(7,8)30(2,3)4;1-18-25(38-26(33-18)22(32)14-24(35-38)37-10-12-39-13-11-37)34-23-9-7-8-21(28(29,30)31)20(23)17-36-15-19(16-36)40-41(5,6)27(2,3)4/h9-11,16,20,22,37H,12-15,17-19H2,1-8H3;7-9,14,19,34H,10-13,15-17,32H2,1-6H3. The Balaban J connectivity index is 0.000000206. The van der Waals surface area contributed by atoms with Gasteiger partial charge in [0.05, 0.1) is 73.2 Å². The van der Waals surface area contributed by atoms with E-state index in [-0.39, 0.29) is 46.5 Å². The van der Waals surface area contributed by atoms with Crippen LogP contribution in [0.3, 0.4) is 0 Å². The molecule has 0 amide bonds. The molecule has 0 unspecified atom stereocenters. The first-order valence-corrected chi connectivity index (χ1v) is 35.1. The number of aliphatic imine (C=N–C) groups is 1. The van der Waals surface area contributed by atoms with Crippen LogP contribution in [-0.2, 0) is 43.8 Å². The molecule has 470 valence electrons. The molecule has 8 heterocycles. The number of aromatic nitrogens is 6. The summed E-state index contributed by atoms with van der Waals surface area (Å²) in [5.41, 5.74) is 9.28. The topological polar surface area (TPSA) is 176 Å². The number of alkyl halides is 6. The van der Waals surface area contributed by atoms with E-state index in [0.29, 0.717) is 147 Å². The van der Waals surface area contributed by atoms with Crippen LogP contribution in [-0.4, -0.2) is 172 Å². The highest BCUT2D eigenvalue weighted by Crippen LogP contribution is 2.44. The highest BCUT2D eigenvalue weighted by Gasteiger charge is 2.45. The number of benzene rings is 2. The Kier molecular flexibility index (Phi) is 18.6. The molecule has 0 radical (unpaired) electrons. The Hall–Kier alpha value is -6.08. The quantitative estimate of drug-likeness (QED) is 0.0361. The molecule has 4 aliphatic heterocycles. The number of nitrogen functional groups attached to an aromatic ring is 1. The van der Waals surface area contributed by atoms with Gasteiger partial charge in [-0.05, 0) is 74.4 Å². The molecule has 0 saturated carbocycles. The number of imidazole rings is 2. The average molecular weight is 1240 g/mol. The molecule has 0 bridgehead atoms. The van der Waals surface area contributed by atoms with E-state index >= 15 is 0 Å². The van der Waals surface area contributed by atoms with Gasteiger partial charge < -0.3 is 49.4 Å². The number of morpholine rings is 2. The molecule has 19 nitrogen and oxygen atoms in total. The van der Waals surface area contributed by atoms with Gasteiger partial charge >= 0.3 is 12.4 Å². The number of nitrogens with one attached hydrogen (secondary N) is 2. The molecular weight excluding hydrogens is 1150 g/mol. The number of anilines is 7. The molecule has 6 aromatic rings. The number of likely N-dealkylation sites (tertiary alicyclic amines) is 2. The van der Waals surface area contributed by atoms with Crippen molar-refractivity contribution in [2.24, 2.45) is 4.99 Å². The minimum atomic E-state index is -4.51. The highest BCUT2D eigenvalue weighted by molar-refractivity contribution is 6.74. The van der Waals surface area contributed by atoms with Gasteiger partial charge in [0.1, 0.15) is 5.69 Å². The number of nitrogens with two attached hydrogens (primary N) is 1. The summed E-state index contributed by atoms with van der Waals surface area (Å²) in [6.45, 7) is 33.1. The molecule has 27 heteroatoms. The number of hydrogen-bond donors (Lipinski definition) is 3. The van der Waals surface area contributed by atoms with Crippen LogP contribution in [0.2, 0.25) is 36.3 Å². The molecule has 0 spiro atoms. The summed E-state index contributed by atoms with van der Waals surface area (Å²) in [6.07, 6.45) is -7.28. The lowest BCUT2D eigenvalue weighted by atomic mass is 10.0. The molecule has 0 atom stereocenters. The molecule has 4 fully saturated rings. The summed E-state index contributed by atoms with van der Waals surface area (Å²) in [4.78, 5) is 24.0. The summed E-state index contributed by atoms with van der Waals surface area (Å²) < 4.78 is 113. The SMILES string of the molecule is Cc1nc2c(N)cc(N3CCOCC3)nn2c1Nc1cccc(C(F)(F)F)c1CN1CC(O[Si](C)(C)C(C)(C)C)C1.Cc1nc2c(N=CN(C)C)cc(N3CCOCC3)nn2c1Nc1cccc(C(F)(F)F)c1CN1CC(O[Si](C)(C)C(C)(C)C)C1. The van der Waals surface area contributed by atoms with Crippen LogP contribution >= 0.6 is 0 Å². The summed E-state index contributed by atoms with van der Waals surface area (Å²) >= 11 is 0. The molecule has 4 N–H and O–H groups in total. The van der Waals surface area contributed by atoms with Crippen LogP contribution in [0.5, 0.6) is 0 Å². The van der Waals surface area contributed by atoms with Gasteiger partial charge in [0.15, 0.2) is 51.2 Å². The molecule has 0 aliphatic carbocycles. The first-order chi connectivity index (χ1) is 40.2. The van der Waals surface area contributed by atoms with E-state index in [0.717, 1.165) is 12.1 Å². The number of fused-ring (bicyclic) bond motifs is 2. The van der Waals surface area contributed by atoms with Gasteiger partial charge in [-0.25, -0.2) is 15.0 Å². The van der Waals surface area contributed by atoms with Crippen molar-refractivity contribution in [2.75, 3.05) is 119 Å². The second-order valence-electron chi connectivity index (χ2n) is 26.1. The zero-order valence-corrected chi connectivity index (χ0v) is 54.1. The zero-order valence-electron chi connectivity index (χ0n) is 52.1. The summed E-state index contributed by atoms with van der Waals surface area (Å²) in [5, 5.41) is 16.3. The van der Waals surface area contributed by atoms with Gasteiger partial charge in [-0.1, -0.05) is 53.7 Å². The Labute approximate surface area is 502 Å². The van der Waals surface area contributed by atoms with E-state index in [1.165, 1.54) is 12.1 Å². The summed E-state index contributed by atoms with van der Waals surface area (Å²) in [5.74, 6) is 2.32. The predicted octanol–water partition coefficient (Wildman–Crippen LogP) is 11.5. The van der Waals surface area contributed by atoms with Gasteiger partial charge in [0.25, 0.3) is 0 Å². The maximum absolute atomic E-state index is 14.4. The minimum Gasteiger partial charge on any atom is -0.411 e. The molecule has 10 rings (SSSR count). The van der Waals surface area contributed by atoms with Crippen molar-refractivity contribution in [3.05, 3.63) is 82.2 Å². The third-order valence-corrected chi connectivity index (χ3v) is 26.3. The number of nitrogens with zero attached hydrogens (tertiary/aromatic N) is 12. The lowest BCUT2D eigenvalue weighted by Gasteiger charge is -2.46. The van der Waals surface area contributed by atoms with E-state index in [2.05, 4.69) is 98.1 Å². The van der Waals surface area contributed by atoms with Crippen LogP contribution in [0.1, 0.15) is 75.2 Å². The van der Waals surface area contributed by atoms with Gasteiger partial charge in [0.2, 0.25) is 0 Å². The van der Waals surface area contributed by atoms with Crippen LogP contribution in [0.4, 0.5) is 72.4 Å². The van der Waals surface area contributed by atoms with Crippen molar-refractivity contribution in [1.82, 2.24) is 43.9 Å². The Morgan fingerprint density at radius 2 is 1.03 bits per heavy atom. The van der Waals surface area contributed by atoms with Crippen molar-refractivity contribution in [1.29, 1.82) is 0 Å². The van der Waals surface area contributed by atoms with Crippen LogP contribution in [0, 0.1) is 13.8 Å². The van der Waals surface area contributed by atoms with E-state index in [9.17, 15) is 26.3 Å². The fraction of sp³-hybridized carbons (Fsp3) is 0.576. The first-order valence-electron chi connectivity index (χ1n) is 29.3. The Morgan fingerprint density at radius 1 is 0.640 bits per heavy atom. The highest BCUT2D eigenvalue weighted by atomic mass is 28.4. The smallest absolute Gasteiger partial charge is 0.411 e. The van der Waals surface area contributed by atoms with E-state index in [4.69, 9.17) is 39.2 Å². The normalized spacial score (nSPS) is 17.5. The number of rotatable bonds is 16. The Bertz CT molecular complexity index is 3390. The fourth-order valence-corrected chi connectivity index (χ4v) is 13.0. The Morgan fingerprint density at radius 3 is 1.43 bits per heavy atom. The molecule has 4 aliphatic rings. The van der Waals surface area contributed by atoms with Crippen molar-refractivity contribution >= 4 is 80.3 Å². The second kappa shape index (κ2) is 24.8. The van der Waals surface area contributed by atoms with Crippen molar-refractivity contribution < 1.29 is 44.7 Å². The largest absolute Gasteiger partial charge is 0.416 e. The second-order valence-corrected chi connectivity index (χ2v) is 35.6. The third kappa shape index (κ3) is 14.4. The predicted molar refractivity (Wildman–Crippen MR) is 332 cm³/mol. The van der Waals surface area contributed by atoms with Crippen LogP contribution in [0.25, 0.3) is 11.3 Å². The molecule has 2 aromatic carbocycles. The lowest BCUT2D eigenvalue weighted by molar-refractivity contribution is -0.139. The van der Waals surface area contributed by atoms with E-state index in [1.54, 1.807) is 40.5 Å². The van der Waals surface area contributed by atoms with Crippen LogP contribution in [0.15, 0.2) is 53.5 Å². The number of halogens is 6. The number of hydrogen-bond acceptors (Lipinski definition) is 16. The van der Waals surface area contributed by atoms with E-state index in [1.807, 2.05) is 41.8 Å². The van der Waals surface area contributed by atoms with Gasteiger partial charge in [0, 0.05) is 114 Å². The molecule has 86 heavy (non-hydrogen) atoms. The van der Waals surface area contributed by atoms with Crippen molar-refractivity contribution in [3.8, 4) is 0 Å². The maximum atomic E-state index is 14.4. The van der Waals surface area contributed by atoms with Gasteiger partial charge in [-0.15, -0.1) is 10.2 Å². The lowest BCUT2D eigenvalue weighted by Crippen LogP contribution is -2.57. The van der Waals surface area contributed by atoms with Crippen molar-refractivity contribution in [3.63, 3.8) is 0 Å². The fourth-order valence-electron chi connectivity index (χ4n) is 10.3. The molecular formula is C59H85F6N15O4Si2. The van der Waals surface area contributed by atoms with E-state index < -0.39 is 40.1 Å². The molecule has 4 aromatic heterocycles. The van der Waals surface area contributed by atoms with Gasteiger partial charge in [-0.2, -0.15) is 35.4 Å². The van der Waals surface area contributed by atoms with Crippen LogP contribution < -0.4 is 26.2 Å².